The van der Waals surface area contributed by atoms with Crippen LogP contribution in [0, 0.1) is 5.92 Å². The molecule has 0 radical (unpaired) electrons. The van der Waals surface area contributed by atoms with Gasteiger partial charge in [0.15, 0.2) is 0 Å². The molecule has 1 N–H and O–H groups in total. The van der Waals surface area contributed by atoms with Crippen molar-refractivity contribution in [1.29, 1.82) is 0 Å². The van der Waals surface area contributed by atoms with Gasteiger partial charge in [-0.1, -0.05) is 0 Å². The van der Waals surface area contributed by atoms with Crippen LogP contribution in [0.25, 0.3) is 0 Å². The fourth-order valence-electron chi connectivity index (χ4n) is 2.20. The molecule has 0 aromatic rings. The number of likely N-dealkylation sites (N-methyl/N-ethyl adjacent to an activating group) is 1. The number of carbonyl (C=O) groups is 1. The number of methoxy groups -OCH3 is 1. The molecule has 4 nitrogen and oxygen atoms in total. The largest absolute Gasteiger partial charge is 0.379 e. The molecule has 82 valence electrons. The first-order chi connectivity index (χ1) is 6.61. The van der Waals surface area contributed by atoms with Gasteiger partial charge in [-0.3, -0.25) is 4.79 Å². The number of nitrogens with zero attached hydrogens (tertiary/aromatic N) is 1. The number of carbonyl (C=O) groups excluding carboxylic acids is 1. The van der Waals surface area contributed by atoms with Crippen LogP contribution < -0.4 is 5.32 Å². The third-order valence-electron chi connectivity index (χ3n) is 2.98. The molecule has 0 saturated heterocycles. The summed E-state index contributed by atoms with van der Waals surface area (Å²) in [5.74, 6) is 0.196. The second kappa shape index (κ2) is 4.75. The highest BCUT2D eigenvalue weighted by Gasteiger charge is 2.40. The van der Waals surface area contributed by atoms with E-state index in [2.05, 4.69) is 5.32 Å². The van der Waals surface area contributed by atoms with Crippen LogP contribution >= 0.6 is 0 Å². The van der Waals surface area contributed by atoms with E-state index in [1.165, 1.54) is 0 Å². The zero-order valence-corrected chi connectivity index (χ0v) is 9.41. The lowest BCUT2D eigenvalue weighted by atomic mass is 10.0. The predicted molar refractivity (Wildman–Crippen MR) is 55.1 cm³/mol. The standard InChI is InChI=1S/C10H20N2O2/c1-11-8-6-5-7(9(8)14-4)10(13)12(2)3/h7-9,11H,5-6H2,1-4H3/t7-,8-,9+/m1/s1. The van der Waals surface area contributed by atoms with Crippen molar-refractivity contribution in [2.75, 3.05) is 28.3 Å². The van der Waals surface area contributed by atoms with Crippen molar-refractivity contribution in [3.8, 4) is 0 Å². The van der Waals surface area contributed by atoms with Gasteiger partial charge >= 0.3 is 0 Å². The number of nitrogens with one attached hydrogen (secondary N) is 1. The van der Waals surface area contributed by atoms with Crippen LogP contribution in [-0.4, -0.2) is 51.2 Å². The van der Waals surface area contributed by atoms with Gasteiger partial charge < -0.3 is 15.0 Å². The first-order valence-electron chi connectivity index (χ1n) is 5.03. The van der Waals surface area contributed by atoms with Crippen LogP contribution in [0.2, 0.25) is 0 Å². The Morgan fingerprint density at radius 1 is 1.43 bits per heavy atom. The lowest BCUT2D eigenvalue weighted by Gasteiger charge is -2.24. The van der Waals surface area contributed by atoms with Gasteiger partial charge in [-0.2, -0.15) is 0 Å². The van der Waals surface area contributed by atoms with Gasteiger partial charge in [0, 0.05) is 27.2 Å². The Labute approximate surface area is 85.6 Å². The number of amides is 1. The van der Waals surface area contributed by atoms with Crippen molar-refractivity contribution in [1.82, 2.24) is 10.2 Å². The first kappa shape index (κ1) is 11.5. The third-order valence-corrected chi connectivity index (χ3v) is 2.98. The number of rotatable bonds is 3. The van der Waals surface area contributed by atoms with Crippen LogP contribution in [0.1, 0.15) is 12.8 Å². The Morgan fingerprint density at radius 3 is 2.50 bits per heavy atom. The Morgan fingerprint density at radius 2 is 2.07 bits per heavy atom. The molecule has 1 fully saturated rings. The molecule has 0 bridgehead atoms. The maximum Gasteiger partial charge on any atom is 0.227 e. The number of hydrogen-bond donors (Lipinski definition) is 1. The Bertz CT molecular complexity index is 206. The normalized spacial score (nSPS) is 31.9. The smallest absolute Gasteiger partial charge is 0.227 e. The molecule has 1 rings (SSSR count). The Balaban J connectivity index is 2.67. The molecule has 0 aromatic carbocycles. The minimum atomic E-state index is 0.0208. The molecular weight excluding hydrogens is 180 g/mol. The molecule has 0 aliphatic heterocycles. The molecular formula is C10H20N2O2. The minimum absolute atomic E-state index is 0.0208. The van der Waals surface area contributed by atoms with E-state index in [1.807, 2.05) is 7.05 Å². The monoisotopic (exact) mass is 200 g/mol. The molecule has 0 unspecified atom stereocenters. The highest BCUT2D eigenvalue weighted by molar-refractivity contribution is 5.79. The average molecular weight is 200 g/mol. The summed E-state index contributed by atoms with van der Waals surface area (Å²) in [6, 6.07) is 0.314. The molecule has 4 heteroatoms. The van der Waals surface area contributed by atoms with Gasteiger partial charge in [-0.25, -0.2) is 0 Å². The average Bonchev–Trinajstić information content (AvgIpc) is 2.58. The van der Waals surface area contributed by atoms with Crippen molar-refractivity contribution in [3.63, 3.8) is 0 Å². The van der Waals surface area contributed by atoms with Gasteiger partial charge in [-0.15, -0.1) is 0 Å². The van der Waals surface area contributed by atoms with E-state index in [0.717, 1.165) is 12.8 Å². The molecule has 1 aliphatic carbocycles. The summed E-state index contributed by atoms with van der Waals surface area (Å²) in [4.78, 5) is 13.4. The molecule has 0 aromatic heterocycles. The van der Waals surface area contributed by atoms with Gasteiger partial charge in [0.2, 0.25) is 5.91 Å². The number of hydrogen-bond acceptors (Lipinski definition) is 3. The summed E-state index contributed by atoms with van der Waals surface area (Å²) in [7, 11) is 7.18. The highest BCUT2D eigenvalue weighted by atomic mass is 16.5. The summed E-state index contributed by atoms with van der Waals surface area (Å²) in [6.45, 7) is 0. The topological polar surface area (TPSA) is 41.6 Å². The van der Waals surface area contributed by atoms with Crippen LogP contribution in [0.5, 0.6) is 0 Å². The van der Waals surface area contributed by atoms with Crippen molar-refractivity contribution in [2.24, 2.45) is 5.92 Å². The maximum atomic E-state index is 11.8. The summed E-state index contributed by atoms with van der Waals surface area (Å²) < 4.78 is 5.39. The van der Waals surface area contributed by atoms with Crippen molar-refractivity contribution >= 4 is 5.91 Å². The van der Waals surface area contributed by atoms with E-state index >= 15 is 0 Å². The van der Waals surface area contributed by atoms with Crippen LogP contribution in [0.3, 0.4) is 0 Å². The summed E-state index contributed by atoms with van der Waals surface area (Å²) in [5.41, 5.74) is 0. The van der Waals surface area contributed by atoms with Gasteiger partial charge in [0.25, 0.3) is 0 Å². The second-order valence-electron chi connectivity index (χ2n) is 4.01. The quantitative estimate of drug-likeness (QED) is 0.702. The van der Waals surface area contributed by atoms with Crippen LogP contribution in [0.4, 0.5) is 0 Å². The lowest BCUT2D eigenvalue weighted by molar-refractivity contribution is -0.136. The molecule has 1 amide bonds. The first-order valence-corrected chi connectivity index (χ1v) is 5.03. The van der Waals surface area contributed by atoms with E-state index in [4.69, 9.17) is 4.74 Å². The van der Waals surface area contributed by atoms with E-state index < -0.39 is 0 Å². The summed E-state index contributed by atoms with van der Waals surface area (Å²) in [6.07, 6.45) is 1.95. The molecule has 1 aliphatic rings. The Hall–Kier alpha value is -0.610. The van der Waals surface area contributed by atoms with Gasteiger partial charge in [-0.05, 0) is 19.9 Å². The van der Waals surface area contributed by atoms with Crippen LogP contribution in [-0.2, 0) is 9.53 Å². The number of ether oxygens (including phenoxy) is 1. The fraction of sp³-hybridized carbons (Fsp3) is 0.900. The van der Waals surface area contributed by atoms with Crippen molar-refractivity contribution in [2.45, 2.75) is 25.0 Å². The van der Waals surface area contributed by atoms with E-state index in [1.54, 1.807) is 26.1 Å². The third kappa shape index (κ3) is 2.07. The molecule has 0 heterocycles. The fourth-order valence-corrected chi connectivity index (χ4v) is 2.20. The minimum Gasteiger partial charge on any atom is -0.379 e. The zero-order chi connectivity index (χ0) is 10.7. The van der Waals surface area contributed by atoms with Gasteiger partial charge in [0.05, 0.1) is 12.0 Å². The Kier molecular flexibility index (Phi) is 3.89. The van der Waals surface area contributed by atoms with Crippen molar-refractivity contribution < 1.29 is 9.53 Å². The maximum absolute atomic E-state index is 11.8. The van der Waals surface area contributed by atoms with Crippen LogP contribution in [0.15, 0.2) is 0 Å². The van der Waals surface area contributed by atoms with E-state index in [-0.39, 0.29) is 17.9 Å². The van der Waals surface area contributed by atoms with Crippen molar-refractivity contribution in [3.05, 3.63) is 0 Å². The molecule has 3 atom stereocenters. The SMILES string of the molecule is CN[C@@H]1CC[C@@H](C(=O)N(C)C)[C@@H]1OC. The predicted octanol–water partition coefficient (Wildman–Crippen LogP) is 0.0876. The summed E-state index contributed by atoms with van der Waals surface area (Å²) >= 11 is 0. The van der Waals surface area contributed by atoms with E-state index in [9.17, 15) is 4.79 Å². The summed E-state index contributed by atoms with van der Waals surface area (Å²) in [5, 5.41) is 3.19. The molecule has 0 spiro atoms. The van der Waals surface area contributed by atoms with Gasteiger partial charge in [0.1, 0.15) is 0 Å². The lowest BCUT2D eigenvalue weighted by Crippen LogP contribution is -2.42. The van der Waals surface area contributed by atoms with E-state index in [0.29, 0.717) is 6.04 Å². The molecule has 1 saturated carbocycles. The highest BCUT2D eigenvalue weighted by Crippen LogP contribution is 2.29. The zero-order valence-electron chi connectivity index (χ0n) is 9.41. The second-order valence-corrected chi connectivity index (χ2v) is 4.01. The molecule has 14 heavy (non-hydrogen) atoms.